The van der Waals surface area contributed by atoms with Gasteiger partial charge in [-0.15, -0.1) is 0 Å². The fourth-order valence-corrected chi connectivity index (χ4v) is 1.70. The first kappa shape index (κ1) is 13.7. The summed E-state index contributed by atoms with van der Waals surface area (Å²) in [4.78, 5) is 18.2. The third-order valence-electron chi connectivity index (χ3n) is 2.49. The Bertz CT molecular complexity index is 660. The first-order valence-corrected chi connectivity index (χ1v) is 7.17. The van der Waals surface area contributed by atoms with Gasteiger partial charge in [-0.3, -0.25) is 14.8 Å². The van der Waals surface area contributed by atoms with Crippen molar-refractivity contribution in [3.63, 3.8) is 0 Å². The molecule has 4 nitrogen and oxygen atoms in total. The summed E-state index contributed by atoms with van der Waals surface area (Å²) in [6, 6.07) is 12.1. The van der Waals surface area contributed by atoms with Gasteiger partial charge in [0.1, 0.15) is 0 Å². The van der Waals surface area contributed by atoms with Crippen LogP contribution in [0.2, 0.25) is 0 Å². The SMILES string of the molecule is NC(=O)CI.c1cnc2c(c1)ccc1ncccc12. The quantitative estimate of drug-likeness (QED) is 0.410. The zero-order valence-electron chi connectivity index (χ0n) is 10.1. The van der Waals surface area contributed by atoms with Crippen LogP contribution in [0.5, 0.6) is 0 Å². The van der Waals surface area contributed by atoms with Crippen LogP contribution in [-0.4, -0.2) is 20.3 Å². The highest BCUT2D eigenvalue weighted by Gasteiger charge is 1.99. The van der Waals surface area contributed by atoms with E-state index in [2.05, 4.69) is 33.9 Å². The maximum atomic E-state index is 9.58. The van der Waals surface area contributed by atoms with E-state index in [9.17, 15) is 4.79 Å². The van der Waals surface area contributed by atoms with Crippen molar-refractivity contribution in [1.29, 1.82) is 0 Å². The molecule has 3 aromatic rings. The van der Waals surface area contributed by atoms with Gasteiger partial charge in [-0.1, -0.05) is 34.7 Å². The largest absolute Gasteiger partial charge is 0.369 e. The number of primary amides is 1. The number of nitrogens with two attached hydrogens (primary N) is 1. The van der Waals surface area contributed by atoms with Crippen molar-refractivity contribution in [2.24, 2.45) is 5.73 Å². The molecule has 0 radical (unpaired) electrons. The highest BCUT2D eigenvalue weighted by atomic mass is 127. The average molecular weight is 365 g/mol. The highest BCUT2D eigenvalue weighted by Crippen LogP contribution is 2.20. The van der Waals surface area contributed by atoms with E-state index in [0.717, 1.165) is 21.8 Å². The number of benzene rings is 1. The topological polar surface area (TPSA) is 68.9 Å². The zero-order valence-corrected chi connectivity index (χ0v) is 12.2. The van der Waals surface area contributed by atoms with Gasteiger partial charge in [0.25, 0.3) is 0 Å². The Morgan fingerprint density at radius 1 is 1.11 bits per heavy atom. The van der Waals surface area contributed by atoms with Gasteiger partial charge in [0.15, 0.2) is 0 Å². The maximum Gasteiger partial charge on any atom is 0.227 e. The number of amides is 1. The van der Waals surface area contributed by atoms with Crippen LogP contribution >= 0.6 is 22.6 Å². The van der Waals surface area contributed by atoms with Crippen LogP contribution in [0, 0.1) is 0 Å². The Morgan fingerprint density at radius 3 is 2.53 bits per heavy atom. The van der Waals surface area contributed by atoms with E-state index in [4.69, 9.17) is 0 Å². The lowest BCUT2D eigenvalue weighted by Gasteiger charge is -2.00. The Hall–Kier alpha value is -1.76. The van der Waals surface area contributed by atoms with E-state index >= 15 is 0 Å². The van der Waals surface area contributed by atoms with E-state index in [1.54, 1.807) is 6.20 Å². The molecular weight excluding hydrogens is 353 g/mol. The third-order valence-corrected chi connectivity index (χ3v) is 3.24. The van der Waals surface area contributed by atoms with Crippen molar-refractivity contribution in [2.45, 2.75) is 0 Å². The number of hydrogen-bond acceptors (Lipinski definition) is 3. The lowest BCUT2D eigenvalue weighted by Crippen LogP contribution is -2.10. The van der Waals surface area contributed by atoms with Crippen molar-refractivity contribution in [3.8, 4) is 0 Å². The minimum absolute atomic E-state index is 0.259. The molecule has 0 saturated heterocycles. The molecule has 2 heterocycles. The second-order valence-electron chi connectivity index (χ2n) is 3.81. The van der Waals surface area contributed by atoms with Crippen LogP contribution in [0.15, 0.2) is 48.8 Å². The summed E-state index contributed by atoms with van der Waals surface area (Å²) in [5.41, 5.74) is 6.67. The standard InChI is InChI=1S/C12H8N2.C2H4INO/c1-3-9-5-6-11-10(4-2-7-13-11)12(9)14-8-1;3-1-2(4)5/h1-8H;1H2,(H2,4,5). The summed E-state index contributed by atoms with van der Waals surface area (Å²) in [6.45, 7) is 0. The molecule has 2 aromatic heterocycles. The van der Waals surface area contributed by atoms with Gasteiger partial charge in [0.2, 0.25) is 5.91 Å². The molecule has 1 amide bonds. The zero-order chi connectivity index (χ0) is 13.7. The number of nitrogens with zero attached hydrogens (tertiary/aromatic N) is 2. The van der Waals surface area contributed by atoms with Crippen LogP contribution in [0.3, 0.4) is 0 Å². The van der Waals surface area contributed by atoms with Gasteiger partial charge in [-0.25, -0.2) is 0 Å². The Morgan fingerprint density at radius 2 is 1.79 bits per heavy atom. The number of aromatic nitrogens is 2. The second-order valence-corrected chi connectivity index (χ2v) is 4.57. The molecule has 3 rings (SSSR count). The summed E-state index contributed by atoms with van der Waals surface area (Å²) in [5.74, 6) is -0.259. The van der Waals surface area contributed by atoms with Gasteiger partial charge in [0.05, 0.1) is 15.5 Å². The number of hydrogen-bond donors (Lipinski definition) is 1. The normalized spacial score (nSPS) is 9.95. The molecule has 0 saturated carbocycles. The molecule has 0 aliphatic heterocycles. The van der Waals surface area contributed by atoms with Crippen LogP contribution in [0.4, 0.5) is 0 Å². The summed E-state index contributed by atoms with van der Waals surface area (Å²) < 4.78 is 0.414. The molecule has 0 unspecified atom stereocenters. The van der Waals surface area contributed by atoms with Crippen molar-refractivity contribution in [2.75, 3.05) is 4.43 Å². The van der Waals surface area contributed by atoms with Crippen LogP contribution in [0.25, 0.3) is 21.8 Å². The molecule has 0 aliphatic rings. The Kier molecular flexibility index (Phi) is 4.62. The smallest absolute Gasteiger partial charge is 0.227 e. The molecule has 0 atom stereocenters. The summed E-state index contributed by atoms with van der Waals surface area (Å²) in [6.07, 6.45) is 3.62. The highest BCUT2D eigenvalue weighted by molar-refractivity contribution is 14.1. The predicted molar refractivity (Wildman–Crippen MR) is 85.1 cm³/mol. The lowest BCUT2D eigenvalue weighted by atomic mass is 10.1. The molecule has 5 heteroatoms. The van der Waals surface area contributed by atoms with E-state index in [0.29, 0.717) is 4.43 Å². The number of rotatable bonds is 1. The number of carbonyl (C=O) groups excluding carboxylic acids is 1. The van der Waals surface area contributed by atoms with Crippen molar-refractivity contribution < 1.29 is 4.79 Å². The molecule has 0 aliphatic carbocycles. The first-order chi connectivity index (χ1) is 9.22. The molecule has 0 bridgehead atoms. The third kappa shape index (κ3) is 3.37. The number of carbonyl (C=O) groups is 1. The van der Waals surface area contributed by atoms with Crippen LogP contribution in [0.1, 0.15) is 0 Å². The fourth-order valence-electron chi connectivity index (χ4n) is 1.70. The van der Waals surface area contributed by atoms with Crippen molar-refractivity contribution >= 4 is 50.3 Å². The number of halogens is 1. The molecule has 1 aromatic carbocycles. The van der Waals surface area contributed by atoms with E-state index < -0.39 is 0 Å². The lowest BCUT2D eigenvalue weighted by molar-refractivity contribution is -0.115. The number of pyridine rings is 2. The molecule has 0 fully saturated rings. The van der Waals surface area contributed by atoms with Crippen LogP contribution < -0.4 is 5.73 Å². The van der Waals surface area contributed by atoms with Gasteiger partial charge < -0.3 is 5.73 Å². The van der Waals surface area contributed by atoms with E-state index in [1.165, 1.54) is 0 Å². The molecule has 0 spiro atoms. The number of fused-ring (bicyclic) bond motifs is 3. The predicted octanol–water partition coefficient (Wildman–Crippen LogP) is 2.69. The average Bonchev–Trinajstić information content (AvgIpc) is 2.48. The Balaban J connectivity index is 0.000000232. The van der Waals surface area contributed by atoms with Gasteiger partial charge in [0, 0.05) is 23.2 Å². The van der Waals surface area contributed by atoms with E-state index in [-0.39, 0.29) is 5.91 Å². The van der Waals surface area contributed by atoms with E-state index in [1.807, 2.05) is 47.0 Å². The first-order valence-electron chi connectivity index (χ1n) is 5.65. The monoisotopic (exact) mass is 365 g/mol. The van der Waals surface area contributed by atoms with Crippen LogP contribution in [-0.2, 0) is 4.79 Å². The molecule has 96 valence electrons. The van der Waals surface area contributed by atoms with Gasteiger partial charge >= 0.3 is 0 Å². The minimum atomic E-state index is -0.259. The Labute approximate surface area is 124 Å². The molecule has 19 heavy (non-hydrogen) atoms. The summed E-state index contributed by atoms with van der Waals surface area (Å²) in [5, 5.41) is 2.28. The van der Waals surface area contributed by atoms with Gasteiger partial charge in [-0.05, 0) is 24.3 Å². The maximum absolute atomic E-state index is 9.58. The minimum Gasteiger partial charge on any atom is -0.369 e. The van der Waals surface area contributed by atoms with Gasteiger partial charge in [-0.2, -0.15) is 0 Å². The van der Waals surface area contributed by atoms with Crippen molar-refractivity contribution in [3.05, 3.63) is 48.8 Å². The summed E-state index contributed by atoms with van der Waals surface area (Å²) in [7, 11) is 0. The summed E-state index contributed by atoms with van der Waals surface area (Å²) >= 11 is 1.90. The molecule has 2 N–H and O–H groups in total. The fraction of sp³-hybridized carbons (Fsp3) is 0.0714. The molecular formula is C14H12IN3O. The van der Waals surface area contributed by atoms with Crippen molar-refractivity contribution in [1.82, 2.24) is 9.97 Å². The number of alkyl halides is 1. The second kappa shape index (κ2) is 6.42.